The fraction of sp³-hybridized carbons (Fsp3) is 0.450. The minimum Gasteiger partial charge on any atom is -0.482 e. The second kappa shape index (κ2) is 8.52. The summed E-state index contributed by atoms with van der Waals surface area (Å²) in [6, 6.07) is 5.61. The Kier molecular flexibility index (Phi) is 6.11. The molecule has 1 aromatic heterocycles. The van der Waals surface area contributed by atoms with Crippen LogP contribution in [0.1, 0.15) is 56.2 Å². The van der Waals surface area contributed by atoms with Crippen LogP contribution in [0.4, 0.5) is 5.69 Å². The monoisotopic (exact) mass is 387 g/mol. The van der Waals surface area contributed by atoms with Crippen LogP contribution in [0.15, 0.2) is 18.2 Å². The molecule has 1 aromatic carbocycles. The number of nitrogens with two attached hydrogens (primary N) is 1. The van der Waals surface area contributed by atoms with E-state index in [9.17, 15) is 9.59 Å². The molecule has 0 unspecified atom stereocenters. The lowest BCUT2D eigenvalue weighted by Crippen LogP contribution is -2.20. The lowest BCUT2D eigenvalue weighted by molar-refractivity contribution is -0.120. The molecule has 3 rings (SSSR count). The molecule has 1 saturated carbocycles. The van der Waals surface area contributed by atoms with Crippen molar-refractivity contribution in [1.82, 2.24) is 4.98 Å². The fourth-order valence-corrected chi connectivity index (χ4v) is 4.53. The molecule has 0 aliphatic heterocycles. The Hall–Kier alpha value is -2.41. The van der Waals surface area contributed by atoms with E-state index >= 15 is 0 Å². The maximum atomic E-state index is 11.6. The molecule has 1 fully saturated rings. The van der Waals surface area contributed by atoms with Crippen LogP contribution in [0.25, 0.3) is 10.4 Å². The number of hydrogen-bond donors (Lipinski definition) is 2. The van der Waals surface area contributed by atoms with Gasteiger partial charge in [-0.05, 0) is 43.0 Å². The molecule has 1 heterocycles. The first-order valence-electron chi connectivity index (χ1n) is 9.30. The number of aryl methyl sites for hydroxylation is 1. The molecule has 2 aromatic rings. The van der Waals surface area contributed by atoms with Crippen molar-refractivity contribution in [2.24, 2.45) is 5.73 Å². The molecule has 0 bridgehead atoms. The van der Waals surface area contributed by atoms with Crippen molar-refractivity contribution < 1.29 is 14.3 Å². The summed E-state index contributed by atoms with van der Waals surface area (Å²) in [5.74, 6) is 0.166. The van der Waals surface area contributed by atoms with Gasteiger partial charge in [-0.25, -0.2) is 4.98 Å². The number of aromatic nitrogens is 1. The van der Waals surface area contributed by atoms with Crippen LogP contribution in [0, 0.1) is 0 Å². The van der Waals surface area contributed by atoms with Crippen LogP contribution < -0.4 is 15.8 Å². The summed E-state index contributed by atoms with van der Waals surface area (Å²) < 4.78 is 5.45. The number of hydrogen-bond acceptors (Lipinski definition) is 5. The summed E-state index contributed by atoms with van der Waals surface area (Å²) in [5.41, 5.74) is 7.87. The first kappa shape index (κ1) is 19.4. The van der Waals surface area contributed by atoms with Gasteiger partial charge in [-0.2, -0.15) is 0 Å². The summed E-state index contributed by atoms with van der Waals surface area (Å²) >= 11 is 1.71. The van der Waals surface area contributed by atoms with E-state index in [-0.39, 0.29) is 12.5 Å². The van der Waals surface area contributed by atoms with Crippen molar-refractivity contribution in [1.29, 1.82) is 0 Å². The minimum absolute atomic E-state index is 0.203. The first-order chi connectivity index (χ1) is 13.0. The summed E-state index contributed by atoms with van der Waals surface area (Å²) in [6.45, 7) is 3.32. The molecular formula is C20H25N3O3S. The average Bonchev–Trinajstić information content (AvgIpc) is 3.29. The highest BCUT2D eigenvalue weighted by Gasteiger charge is 2.25. The highest BCUT2D eigenvalue weighted by atomic mass is 32.1. The zero-order chi connectivity index (χ0) is 19.4. The molecule has 0 saturated heterocycles. The topological polar surface area (TPSA) is 94.3 Å². The minimum atomic E-state index is -0.564. The van der Waals surface area contributed by atoms with Crippen molar-refractivity contribution in [3.8, 4) is 16.2 Å². The smallest absolute Gasteiger partial charge is 0.255 e. The number of primary amides is 1. The zero-order valence-electron chi connectivity index (χ0n) is 15.7. The Bertz CT molecular complexity index is 841. The Labute approximate surface area is 163 Å². The van der Waals surface area contributed by atoms with Crippen LogP contribution in [0.5, 0.6) is 5.75 Å². The van der Waals surface area contributed by atoms with Gasteiger partial charge in [0.05, 0.1) is 21.3 Å². The van der Waals surface area contributed by atoms with Crippen LogP contribution >= 0.6 is 11.3 Å². The van der Waals surface area contributed by atoms with Gasteiger partial charge in [0.15, 0.2) is 6.61 Å². The predicted octanol–water partition coefficient (Wildman–Crippen LogP) is 3.85. The summed E-state index contributed by atoms with van der Waals surface area (Å²) in [7, 11) is 0. The van der Waals surface area contributed by atoms with E-state index < -0.39 is 5.91 Å². The Morgan fingerprint density at radius 1 is 1.33 bits per heavy atom. The van der Waals surface area contributed by atoms with Gasteiger partial charge in [-0.1, -0.05) is 19.8 Å². The lowest BCUT2D eigenvalue weighted by Gasteiger charge is -2.14. The van der Waals surface area contributed by atoms with Crippen LogP contribution in [-0.2, 0) is 16.0 Å². The number of amides is 2. The van der Waals surface area contributed by atoms with Crippen LogP contribution in [0.3, 0.4) is 0 Å². The molecule has 0 radical (unpaired) electrons. The number of nitrogens with one attached hydrogen (secondary N) is 1. The second-order valence-corrected chi connectivity index (χ2v) is 7.89. The number of nitrogens with zero attached hydrogens (tertiary/aromatic N) is 1. The molecule has 0 spiro atoms. The summed E-state index contributed by atoms with van der Waals surface area (Å²) in [4.78, 5) is 28.7. The highest BCUT2D eigenvalue weighted by molar-refractivity contribution is 7.15. The number of benzene rings is 1. The van der Waals surface area contributed by atoms with E-state index in [0.29, 0.717) is 17.4 Å². The Morgan fingerprint density at radius 2 is 2.07 bits per heavy atom. The van der Waals surface area contributed by atoms with Gasteiger partial charge >= 0.3 is 0 Å². The molecule has 1 aliphatic rings. The number of thiazole rings is 1. The number of anilines is 1. The van der Waals surface area contributed by atoms with Gasteiger partial charge in [0, 0.05) is 12.8 Å². The van der Waals surface area contributed by atoms with Crippen LogP contribution in [0.2, 0.25) is 0 Å². The number of carbonyl (C=O) groups excluding carboxylic acids is 2. The standard InChI is InChI=1S/C20H25N3O3S/c1-3-18-23-19(13-6-4-5-7-13)20(27-18)14-8-9-16(26-11-17(21)25)15(10-14)22-12(2)24/h8-10,13H,3-7,11H2,1-2H3,(H2,21,25)(H,22,24). The summed E-state index contributed by atoms with van der Waals surface area (Å²) in [5, 5.41) is 3.91. The van der Waals surface area contributed by atoms with Gasteiger partial charge in [0.2, 0.25) is 5.91 Å². The third-order valence-electron chi connectivity index (χ3n) is 4.66. The maximum Gasteiger partial charge on any atom is 0.255 e. The zero-order valence-corrected chi connectivity index (χ0v) is 16.5. The average molecular weight is 388 g/mol. The first-order valence-corrected chi connectivity index (χ1v) is 10.1. The van der Waals surface area contributed by atoms with E-state index in [0.717, 1.165) is 21.9 Å². The van der Waals surface area contributed by atoms with E-state index in [4.69, 9.17) is 15.5 Å². The van der Waals surface area contributed by atoms with Crippen molar-refractivity contribution in [2.75, 3.05) is 11.9 Å². The molecule has 144 valence electrons. The van der Waals surface area contributed by atoms with Gasteiger partial charge in [0.1, 0.15) is 5.75 Å². The molecule has 7 heteroatoms. The van der Waals surface area contributed by atoms with Crippen molar-refractivity contribution in [3.05, 3.63) is 28.9 Å². The molecule has 2 amide bonds. The van der Waals surface area contributed by atoms with E-state index in [1.807, 2.05) is 12.1 Å². The van der Waals surface area contributed by atoms with Gasteiger partial charge in [0.25, 0.3) is 5.91 Å². The van der Waals surface area contributed by atoms with Crippen molar-refractivity contribution in [3.63, 3.8) is 0 Å². The SMILES string of the molecule is CCc1nc(C2CCCC2)c(-c2ccc(OCC(N)=O)c(NC(C)=O)c2)s1. The number of ether oxygens (including phenoxy) is 1. The molecular weight excluding hydrogens is 362 g/mol. The predicted molar refractivity (Wildman–Crippen MR) is 107 cm³/mol. The number of rotatable bonds is 7. The van der Waals surface area contributed by atoms with Gasteiger partial charge in [-0.3, -0.25) is 9.59 Å². The molecule has 27 heavy (non-hydrogen) atoms. The van der Waals surface area contributed by atoms with Gasteiger partial charge in [-0.15, -0.1) is 11.3 Å². The largest absolute Gasteiger partial charge is 0.482 e. The van der Waals surface area contributed by atoms with Crippen molar-refractivity contribution in [2.45, 2.75) is 51.9 Å². The van der Waals surface area contributed by atoms with Crippen LogP contribution in [-0.4, -0.2) is 23.4 Å². The fourth-order valence-electron chi connectivity index (χ4n) is 3.45. The Morgan fingerprint density at radius 3 is 2.70 bits per heavy atom. The Balaban J connectivity index is 1.99. The number of carbonyl (C=O) groups is 2. The summed E-state index contributed by atoms with van der Waals surface area (Å²) in [6.07, 6.45) is 5.76. The highest BCUT2D eigenvalue weighted by Crippen LogP contribution is 2.43. The molecule has 0 atom stereocenters. The van der Waals surface area contributed by atoms with E-state index in [1.165, 1.54) is 38.3 Å². The normalized spacial score (nSPS) is 14.3. The molecule has 3 N–H and O–H groups in total. The van der Waals surface area contributed by atoms with E-state index in [1.54, 1.807) is 17.4 Å². The quantitative estimate of drug-likeness (QED) is 0.754. The maximum absolute atomic E-state index is 11.6. The third kappa shape index (κ3) is 4.66. The second-order valence-electron chi connectivity index (χ2n) is 6.80. The molecule has 1 aliphatic carbocycles. The van der Waals surface area contributed by atoms with Gasteiger partial charge < -0.3 is 15.8 Å². The lowest BCUT2D eigenvalue weighted by atomic mass is 10.00. The van der Waals surface area contributed by atoms with Crippen molar-refractivity contribution >= 4 is 28.8 Å². The third-order valence-corrected chi connectivity index (χ3v) is 5.93. The molecule has 6 nitrogen and oxygen atoms in total. The van der Waals surface area contributed by atoms with E-state index in [2.05, 4.69) is 12.2 Å².